The summed E-state index contributed by atoms with van der Waals surface area (Å²) in [6, 6.07) is 34.5. The molecule has 5 aromatic carbocycles. The number of hydrogen-bond acceptors (Lipinski definition) is 0. The van der Waals surface area contributed by atoms with E-state index in [1.54, 1.807) is 0 Å². The molecule has 0 heteroatoms. The number of rotatable bonds is 2. The minimum absolute atomic E-state index is 0.00410. The van der Waals surface area contributed by atoms with Crippen LogP contribution in [-0.4, -0.2) is 0 Å². The molecule has 2 aliphatic rings. The molecule has 0 atom stereocenters. The van der Waals surface area contributed by atoms with Gasteiger partial charge in [0.2, 0.25) is 0 Å². The van der Waals surface area contributed by atoms with Crippen molar-refractivity contribution in [1.29, 1.82) is 0 Å². The first-order chi connectivity index (χ1) is 16.4. The van der Waals surface area contributed by atoms with E-state index in [4.69, 9.17) is 0 Å². The number of benzene rings is 5. The molecule has 0 aromatic heterocycles. The van der Waals surface area contributed by atoms with Crippen molar-refractivity contribution in [3.63, 3.8) is 0 Å². The van der Waals surface area contributed by atoms with Crippen molar-refractivity contribution in [2.75, 3.05) is 0 Å². The molecule has 7 rings (SSSR count). The van der Waals surface area contributed by atoms with Crippen molar-refractivity contribution < 1.29 is 0 Å². The van der Waals surface area contributed by atoms with Crippen molar-refractivity contribution in [2.45, 2.75) is 39.0 Å². The fourth-order valence-corrected chi connectivity index (χ4v) is 6.27. The van der Waals surface area contributed by atoms with E-state index >= 15 is 0 Å². The molecule has 0 unspecified atom stereocenters. The van der Waals surface area contributed by atoms with Gasteiger partial charge in [-0.2, -0.15) is 0 Å². The van der Waals surface area contributed by atoms with Gasteiger partial charge in [-0.05, 0) is 90.0 Å². The van der Waals surface area contributed by atoms with Crippen LogP contribution in [0, 0.1) is 0 Å². The van der Waals surface area contributed by atoms with Gasteiger partial charge in [-0.3, -0.25) is 0 Å². The van der Waals surface area contributed by atoms with Crippen LogP contribution in [0.3, 0.4) is 0 Å². The Morgan fingerprint density at radius 2 is 1.12 bits per heavy atom. The molecule has 0 nitrogen and oxygen atoms in total. The van der Waals surface area contributed by atoms with Gasteiger partial charge in [-0.1, -0.05) is 107 Å². The summed E-state index contributed by atoms with van der Waals surface area (Å²) in [6.45, 7) is 9.32. The molecule has 0 saturated carbocycles. The van der Waals surface area contributed by atoms with E-state index < -0.39 is 0 Å². The van der Waals surface area contributed by atoms with Gasteiger partial charge in [0.1, 0.15) is 0 Å². The first kappa shape index (κ1) is 19.8. The molecule has 0 N–H and O–H groups in total. The van der Waals surface area contributed by atoms with Crippen LogP contribution in [0.15, 0.2) is 91.0 Å². The van der Waals surface area contributed by atoms with Gasteiger partial charge >= 0.3 is 0 Å². The first-order valence-corrected chi connectivity index (χ1v) is 12.4. The highest BCUT2D eigenvalue weighted by atomic mass is 14.4. The summed E-state index contributed by atoms with van der Waals surface area (Å²) in [5.41, 5.74) is 15.1. The zero-order chi connectivity index (χ0) is 23.2. The molecular formula is C34H28. The van der Waals surface area contributed by atoms with Crippen LogP contribution in [-0.2, 0) is 5.41 Å². The molecule has 164 valence electrons. The molecule has 2 aliphatic carbocycles. The van der Waals surface area contributed by atoms with Crippen LogP contribution in [0.5, 0.6) is 0 Å². The van der Waals surface area contributed by atoms with Gasteiger partial charge < -0.3 is 0 Å². The SMILES string of the molecule is CC(C)c1ccc2c(c1)C(C)(C)c1cc(-c3ccc4c(c3)-c3cccc5cccc-4c35)ccc1-2. The second kappa shape index (κ2) is 6.70. The normalized spacial score (nSPS) is 14.4. The predicted molar refractivity (Wildman–Crippen MR) is 145 cm³/mol. The van der Waals surface area contributed by atoms with Crippen LogP contribution < -0.4 is 0 Å². The van der Waals surface area contributed by atoms with E-state index in [1.807, 2.05) is 0 Å². The highest BCUT2D eigenvalue weighted by molar-refractivity contribution is 6.15. The van der Waals surface area contributed by atoms with Crippen LogP contribution in [0.2, 0.25) is 0 Å². The quantitative estimate of drug-likeness (QED) is 0.253. The van der Waals surface area contributed by atoms with Gasteiger partial charge in [0.25, 0.3) is 0 Å². The van der Waals surface area contributed by atoms with Crippen molar-refractivity contribution in [3.05, 3.63) is 108 Å². The van der Waals surface area contributed by atoms with Gasteiger partial charge in [0.05, 0.1) is 0 Å². The molecule has 0 spiro atoms. The van der Waals surface area contributed by atoms with Crippen molar-refractivity contribution in [1.82, 2.24) is 0 Å². The smallest absolute Gasteiger partial charge is 0.0159 e. The molecule has 0 bridgehead atoms. The Labute approximate surface area is 201 Å². The Morgan fingerprint density at radius 3 is 1.82 bits per heavy atom. The molecule has 0 aliphatic heterocycles. The maximum Gasteiger partial charge on any atom is 0.0159 e. The van der Waals surface area contributed by atoms with Gasteiger partial charge in [-0.25, -0.2) is 0 Å². The van der Waals surface area contributed by atoms with Gasteiger partial charge in [0.15, 0.2) is 0 Å². The second-order valence-electron chi connectivity index (χ2n) is 10.8. The average Bonchev–Trinajstić information content (AvgIpc) is 3.29. The standard InChI is InChI=1S/C34H28/c1-20(2)22-11-15-26-27-16-13-24(19-32(27)34(3,4)31(26)18-22)23-12-14-25-28-9-5-7-21-8-6-10-29(33(21)28)30(25)17-23/h5-20H,1-4H3. The van der Waals surface area contributed by atoms with Crippen molar-refractivity contribution >= 4 is 10.8 Å². The average molecular weight is 437 g/mol. The molecule has 5 aromatic rings. The molecular weight excluding hydrogens is 408 g/mol. The monoisotopic (exact) mass is 436 g/mol. The van der Waals surface area contributed by atoms with Crippen LogP contribution in [0.1, 0.15) is 50.3 Å². The minimum atomic E-state index is 0.00410. The molecule has 0 heterocycles. The van der Waals surface area contributed by atoms with Gasteiger partial charge in [0, 0.05) is 5.41 Å². The maximum absolute atomic E-state index is 2.44. The third-order valence-corrected chi connectivity index (χ3v) is 8.20. The maximum atomic E-state index is 2.44. The van der Waals surface area contributed by atoms with E-state index in [-0.39, 0.29) is 5.41 Å². The summed E-state index contributed by atoms with van der Waals surface area (Å²) in [5.74, 6) is 0.542. The summed E-state index contributed by atoms with van der Waals surface area (Å²) in [4.78, 5) is 0. The second-order valence-corrected chi connectivity index (χ2v) is 10.8. The van der Waals surface area contributed by atoms with Gasteiger partial charge in [-0.15, -0.1) is 0 Å². The van der Waals surface area contributed by atoms with E-state index in [0.29, 0.717) is 5.92 Å². The topological polar surface area (TPSA) is 0 Å². The molecule has 0 amide bonds. The molecule has 34 heavy (non-hydrogen) atoms. The lowest BCUT2D eigenvalue weighted by Crippen LogP contribution is -2.15. The summed E-state index contributed by atoms with van der Waals surface area (Å²) < 4.78 is 0. The summed E-state index contributed by atoms with van der Waals surface area (Å²) in [5, 5.41) is 2.72. The molecule has 0 radical (unpaired) electrons. The van der Waals surface area contributed by atoms with E-state index in [2.05, 4.69) is 119 Å². The predicted octanol–water partition coefficient (Wildman–Crippen LogP) is 9.58. The van der Waals surface area contributed by atoms with E-state index in [0.717, 1.165) is 0 Å². The highest BCUT2D eigenvalue weighted by Crippen LogP contribution is 2.51. The summed E-state index contributed by atoms with van der Waals surface area (Å²) in [6.07, 6.45) is 0. The third-order valence-electron chi connectivity index (χ3n) is 8.20. The lowest BCUT2D eigenvalue weighted by Gasteiger charge is -2.23. The Morgan fingerprint density at radius 1 is 0.529 bits per heavy atom. The molecule has 0 fully saturated rings. The first-order valence-electron chi connectivity index (χ1n) is 12.4. The Balaban J connectivity index is 1.37. The number of hydrogen-bond donors (Lipinski definition) is 0. The zero-order valence-electron chi connectivity index (χ0n) is 20.2. The highest BCUT2D eigenvalue weighted by Gasteiger charge is 2.36. The minimum Gasteiger partial charge on any atom is -0.0610 e. The lowest BCUT2D eigenvalue weighted by atomic mass is 9.80. The molecule has 0 saturated heterocycles. The lowest BCUT2D eigenvalue weighted by molar-refractivity contribution is 0.658. The fourth-order valence-electron chi connectivity index (χ4n) is 6.27. The van der Waals surface area contributed by atoms with E-state index in [1.165, 1.54) is 72.0 Å². The zero-order valence-corrected chi connectivity index (χ0v) is 20.2. The Hall–Kier alpha value is -3.64. The van der Waals surface area contributed by atoms with Crippen LogP contribution in [0.25, 0.3) is 55.3 Å². The largest absolute Gasteiger partial charge is 0.0610 e. The Kier molecular flexibility index (Phi) is 3.90. The van der Waals surface area contributed by atoms with Crippen molar-refractivity contribution in [2.24, 2.45) is 0 Å². The summed E-state index contributed by atoms with van der Waals surface area (Å²) >= 11 is 0. The van der Waals surface area contributed by atoms with Crippen molar-refractivity contribution in [3.8, 4) is 44.5 Å². The Bertz CT molecular complexity index is 1640. The van der Waals surface area contributed by atoms with Crippen LogP contribution >= 0.6 is 0 Å². The fraction of sp³-hybridized carbons (Fsp3) is 0.176. The van der Waals surface area contributed by atoms with E-state index in [9.17, 15) is 0 Å². The third kappa shape index (κ3) is 2.54. The summed E-state index contributed by atoms with van der Waals surface area (Å²) in [7, 11) is 0. The van der Waals surface area contributed by atoms with Crippen LogP contribution in [0.4, 0.5) is 0 Å². The number of fused-ring (bicyclic) bond motifs is 6.